The quantitative estimate of drug-likeness (QED) is 0.833. The zero-order chi connectivity index (χ0) is 12.8. The van der Waals surface area contributed by atoms with Crippen molar-refractivity contribution in [3.63, 3.8) is 0 Å². The lowest BCUT2D eigenvalue weighted by Crippen LogP contribution is -2.26. The van der Waals surface area contributed by atoms with Gasteiger partial charge in [0.2, 0.25) is 5.91 Å². The molecule has 4 heteroatoms. The Morgan fingerprint density at radius 1 is 1.44 bits per heavy atom. The van der Waals surface area contributed by atoms with E-state index in [9.17, 15) is 4.79 Å². The highest BCUT2D eigenvalue weighted by molar-refractivity contribution is 6.17. The van der Waals surface area contributed by atoms with Crippen LogP contribution in [0.4, 0.5) is 0 Å². The molecule has 0 saturated carbocycles. The molecule has 0 aliphatic carbocycles. The molecule has 0 spiro atoms. The van der Waals surface area contributed by atoms with Crippen molar-refractivity contribution >= 4 is 17.5 Å². The van der Waals surface area contributed by atoms with Crippen molar-refractivity contribution in [2.75, 3.05) is 6.61 Å². The Morgan fingerprint density at radius 3 is 3.00 bits per heavy atom. The van der Waals surface area contributed by atoms with Crippen molar-refractivity contribution in [1.29, 1.82) is 0 Å². The van der Waals surface area contributed by atoms with E-state index in [0.29, 0.717) is 18.8 Å². The van der Waals surface area contributed by atoms with Crippen molar-refractivity contribution < 1.29 is 9.53 Å². The highest BCUT2D eigenvalue weighted by atomic mass is 35.5. The fraction of sp³-hybridized carbons (Fsp3) is 0.500. The highest BCUT2D eigenvalue weighted by Gasteiger charge is 2.18. The predicted octanol–water partition coefficient (Wildman–Crippen LogP) is 2.61. The monoisotopic (exact) mass is 267 g/mol. The van der Waals surface area contributed by atoms with Crippen molar-refractivity contribution in [3.05, 3.63) is 35.4 Å². The fourth-order valence-electron chi connectivity index (χ4n) is 2.11. The lowest BCUT2D eigenvalue weighted by Gasteiger charge is -2.10. The molecule has 1 aromatic rings. The van der Waals surface area contributed by atoms with Crippen LogP contribution in [-0.2, 0) is 22.0 Å². The number of ether oxygens (including phenoxy) is 1. The van der Waals surface area contributed by atoms with Gasteiger partial charge in [0.05, 0.1) is 12.5 Å². The van der Waals surface area contributed by atoms with Gasteiger partial charge in [-0.25, -0.2) is 0 Å². The Labute approximate surface area is 112 Å². The van der Waals surface area contributed by atoms with Crippen LogP contribution >= 0.6 is 11.6 Å². The maximum absolute atomic E-state index is 11.7. The van der Waals surface area contributed by atoms with Crippen LogP contribution in [0, 0.1) is 0 Å². The molecule has 1 N–H and O–H groups in total. The molecule has 2 rings (SSSR count). The molecule has 0 aromatic heterocycles. The van der Waals surface area contributed by atoms with E-state index in [0.717, 1.165) is 30.6 Å². The molecule has 1 saturated heterocycles. The van der Waals surface area contributed by atoms with Gasteiger partial charge in [0, 0.05) is 19.0 Å². The molecule has 3 nitrogen and oxygen atoms in total. The van der Waals surface area contributed by atoms with Gasteiger partial charge in [-0.1, -0.05) is 24.3 Å². The van der Waals surface area contributed by atoms with Gasteiger partial charge in [-0.2, -0.15) is 0 Å². The van der Waals surface area contributed by atoms with Crippen LogP contribution in [0.25, 0.3) is 0 Å². The first kappa shape index (κ1) is 13.4. The molecule has 0 bridgehead atoms. The molecular weight excluding hydrogens is 250 g/mol. The van der Waals surface area contributed by atoms with Crippen LogP contribution < -0.4 is 5.32 Å². The summed E-state index contributed by atoms with van der Waals surface area (Å²) >= 11 is 5.77. The second kappa shape index (κ2) is 6.76. The summed E-state index contributed by atoms with van der Waals surface area (Å²) < 4.78 is 5.43. The summed E-state index contributed by atoms with van der Waals surface area (Å²) in [5.41, 5.74) is 2.15. The maximum Gasteiger partial charge on any atom is 0.222 e. The zero-order valence-corrected chi connectivity index (χ0v) is 11.1. The van der Waals surface area contributed by atoms with Crippen molar-refractivity contribution in [3.8, 4) is 0 Å². The largest absolute Gasteiger partial charge is 0.378 e. The van der Waals surface area contributed by atoms with Crippen LogP contribution in [-0.4, -0.2) is 18.6 Å². The first-order chi connectivity index (χ1) is 8.78. The molecule has 1 fully saturated rings. The van der Waals surface area contributed by atoms with Crippen LogP contribution in [0.3, 0.4) is 0 Å². The van der Waals surface area contributed by atoms with Crippen molar-refractivity contribution in [2.45, 2.75) is 37.8 Å². The van der Waals surface area contributed by atoms with Crippen molar-refractivity contribution in [1.82, 2.24) is 5.32 Å². The SMILES string of the molecule is O=C(CC1CCCO1)NCc1cccc(CCl)c1. The van der Waals surface area contributed by atoms with Gasteiger partial charge >= 0.3 is 0 Å². The average molecular weight is 268 g/mol. The number of carbonyl (C=O) groups is 1. The summed E-state index contributed by atoms with van der Waals surface area (Å²) in [5, 5.41) is 2.92. The molecule has 1 heterocycles. The van der Waals surface area contributed by atoms with Crippen LogP contribution in [0.1, 0.15) is 30.4 Å². The van der Waals surface area contributed by atoms with E-state index in [1.54, 1.807) is 0 Å². The second-order valence-corrected chi connectivity index (χ2v) is 4.84. The van der Waals surface area contributed by atoms with E-state index < -0.39 is 0 Å². The molecule has 1 atom stereocenters. The van der Waals surface area contributed by atoms with E-state index in [4.69, 9.17) is 16.3 Å². The third-order valence-electron chi connectivity index (χ3n) is 3.07. The van der Waals surface area contributed by atoms with Gasteiger partial charge in [0.25, 0.3) is 0 Å². The molecule has 1 aromatic carbocycles. The first-order valence-electron chi connectivity index (χ1n) is 6.30. The van der Waals surface area contributed by atoms with Crippen LogP contribution in [0.2, 0.25) is 0 Å². The topological polar surface area (TPSA) is 38.3 Å². The van der Waals surface area contributed by atoms with Gasteiger partial charge in [0.1, 0.15) is 0 Å². The molecule has 0 radical (unpaired) electrons. The third kappa shape index (κ3) is 4.00. The summed E-state index contributed by atoms with van der Waals surface area (Å²) in [5.74, 6) is 0.552. The maximum atomic E-state index is 11.7. The van der Waals surface area contributed by atoms with Crippen LogP contribution in [0.15, 0.2) is 24.3 Å². The molecule has 1 amide bonds. The number of alkyl halides is 1. The van der Waals surface area contributed by atoms with Gasteiger partial charge in [-0.3, -0.25) is 4.79 Å². The summed E-state index contributed by atoms with van der Waals surface area (Å²) in [4.78, 5) is 11.7. The third-order valence-corrected chi connectivity index (χ3v) is 3.38. The second-order valence-electron chi connectivity index (χ2n) is 4.57. The number of hydrogen-bond acceptors (Lipinski definition) is 2. The fourth-order valence-corrected chi connectivity index (χ4v) is 2.27. The minimum Gasteiger partial charge on any atom is -0.378 e. The summed E-state index contributed by atoms with van der Waals surface area (Å²) in [7, 11) is 0. The predicted molar refractivity (Wildman–Crippen MR) is 71.4 cm³/mol. The number of halogens is 1. The van der Waals surface area contributed by atoms with Gasteiger partial charge in [-0.15, -0.1) is 11.6 Å². The smallest absolute Gasteiger partial charge is 0.222 e. The molecule has 1 aliphatic heterocycles. The Balaban J connectivity index is 1.77. The first-order valence-corrected chi connectivity index (χ1v) is 6.83. The molecular formula is C14H18ClNO2. The Bertz CT molecular complexity index is 403. The molecule has 98 valence electrons. The Morgan fingerprint density at radius 2 is 2.28 bits per heavy atom. The van der Waals surface area contributed by atoms with Gasteiger partial charge in [0.15, 0.2) is 0 Å². The van der Waals surface area contributed by atoms with E-state index >= 15 is 0 Å². The van der Waals surface area contributed by atoms with E-state index in [-0.39, 0.29) is 12.0 Å². The van der Waals surface area contributed by atoms with Gasteiger partial charge < -0.3 is 10.1 Å². The molecule has 18 heavy (non-hydrogen) atoms. The zero-order valence-electron chi connectivity index (χ0n) is 10.3. The lowest BCUT2D eigenvalue weighted by atomic mass is 10.1. The normalized spacial score (nSPS) is 18.8. The van der Waals surface area contributed by atoms with E-state index in [1.165, 1.54) is 0 Å². The highest BCUT2D eigenvalue weighted by Crippen LogP contribution is 2.15. The standard InChI is InChI=1S/C14H18ClNO2/c15-9-11-3-1-4-12(7-11)10-16-14(17)8-13-5-2-6-18-13/h1,3-4,7,13H,2,5-6,8-10H2,(H,16,17). The average Bonchev–Trinajstić information content (AvgIpc) is 2.89. The Hall–Kier alpha value is -1.06. The number of amides is 1. The number of rotatable bonds is 5. The minimum absolute atomic E-state index is 0.0539. The summed E-state index contributed by atoms with van der Waals surface area (Å²) in [6, 6.07) is 7.94. The van der Waals surface area contributed by atoms with Crippen molar-refractivity contribution in [2.24, 2.45) is 0 Å². The lowest BCUT2D eigenvalue weighted by molar-refractivity contribution is -0.123. The Kier molecular flexibility index (Phi) is 5.02. The molecule has 1 aliphatic rings. The number of hydrogen-bond donors (Lipinski definition) is 1. The number of nitrogens with one attached hydrogen (secondary N) is 1. The van der Waals surface area contributed by atoms with E-state index in [1.807, 2.05) is 24.3 Å². The number of benzene rings is 1. The number of carbonyl (C=O) groups excluding carboxylic acids is 1. The summed E-state index contributed by atoms with van der Waals surface area (Å²) in [6.07, 6.45) is 2.64. The summed E-state index contributed by atoms with van der Waals surface area (Å²) in [6.45, 7) is 1.34. The minimum atomic E-state index is 0.0539. The van der Waals surface area contributed by atoms with Gasteiger partial charge in [-0.05, 0) is 24.0 Å². The van der Waals surface area contributed by atoms with Crippen LogP contribution in [0.5, 0.6) is 0 Å². The van der Waals surface area contributed by atoms with E-state index in [2.05, 4.69) is 5.32 Å². The molecule has 1 unspecified atom stereocenters.